The summed E-state index contributed by atoms with van der Waals surface area (Å²) in [5.74, 6) is -0.343. The van der Waals surface area contributed by atoms with E-state index in [9.17, 15) is 4.39 Å². The molecule has 0 aliphatic carbocycles. The maximum atomic E-state index is 13.0. The first-order chi connectivity index (χ1) is 5.41. The summed E-state index contributed by atoms with van der Waals surface area (Å²) in [6.07, 6.45) is 0. The number of rotatable bonds is 0. The number of hydrogen-bond acceptors (Lipinski definition) is 0. The maximum absolute atomic E-state index is 13.0. The summed E-state index contributed by atoms with van der Waals surface area (Å²) < 4.78 is 13.0. The van der Waals surface area contributed by atoms with Crippen molar-refractivity contribution in [2.75, 3.05) is 0 Å². The van der Waals surface area contributed by atoms with Gasteiger partial charge in [-0.15, -0.1) is 0 Å². The quantitative estimate of drug-likeness (QED) is 0.579. The highest BCUT2D eigenvalue weighted by Crippen LogP contribution is 2.25. The van der Waals surface area contributed by atoms with Gasteiger partial charge in [-0.2, -0.15) is 0 Å². The molecule has 2 heteroatoms. The van der Waals surface area contributed by atoms with Crippen LogP contribution < -0.4 is 0 Å². The summed E-state index contributed by atoms with van der Waals surface area (Å²) in [5.41, 5.74) is 0.940. The smallest absolute Gasteiger partial charge is 0.142 e. The second-order valence-corrected chi connectivity index (χ2v) is 4.29. The number of halogens is 2. The van der Waals surface area contributed by atoms with Crippen LogP contribution in [0.5, 0.6) is 0 Å². The van der Waals surface area contributed by atoms with Crippen LogP contribution in [0.25, 0.3) is 0 Å². The van der Waals surface area contributed by atoms with Crippen molar-refractivity contribution in [1.82, 2.24) is 0 Å². The Balaban J connectivity index is 3.14. The Hall–Kier alpha value is -0.560. The molecule has 0 aliphatic rings. The lowest BCUT2D eigenvalue weighted by atomic mass is 9.87. The molecule has 1 rings (SSSR count). The Kier molecular flexibility index (Phi) is 2.43. The van der Waals surface area contributed by atoms with Crippen LogP contribution in [0, 0.1) is 5.82 Å². The Morgan fingerprint density at radius 1 is 1.25 bits per heavy atom. The first-order valence-electron chi connectivity index (χ1n) is 3.87. The zero-order valence-electron chi connectivity index (χ0n) is 7.49. The van der Waals surface area contributed by atoms with Crippen LogP contribution in [0.3, 0.4) is 0 Å². The Morgan fingerprint density at radius 3 is 2.25 bits per heavy atom. The zero-order valence-corrected chi connectivity index (χ0v) is 8.24. The first-order valence-corrected chi connectivity index (χ1v) is 4.24. The van der Waals surface area contributed by atoms with Crippen molar-refractivity contribution in [1.29, 1.82) is 0 Å². The molecule has 0 nitrogen and oxygen atoms in total. The van der Waals surface area contributed by atoms with E-state index in [-0.39, 0.29) is 16.3 Å². The van der Waals surface area contributed by atoms with Gasteiger partial charge in [0.05, 0.1) is 5.02 Å². The fourth-order valence-corrected chi connectivity index (χ4v) is 1.08. The molecule has 0 atom stereocenters. The Labute approximate surface area is 77.4 Å². The second kappa shape index (κ2) is 3.06. The molecule has 0 fully saturated rings. The van der Waals surface area contributed by atoms with Crippen LogP contribution >= 0.6 is 11.6 Å². The second-order valence-electron chi connectivity index (χ2n) is 3.88. The highest BCUT2D eigenvalue weighted by atomic mass is 35.5. The van der Waals surface area contributed by atoms with Gasteiger partial charge in [0, 0.05) is 0 Å². The predicted octanol–water partition coefficient (Wildman–Crippen LogP) is 3.78. The molecule has 0 aliphatic heterocycles. The highest BCUT2D eigenvalue weighted by Gasteiger charge is 2.14. The third-order valence-corrected chi connectivity index (χ3v) is 2.09. The largest absolute Gasteiger partial charge is 0.205 e. The van der Waals surface area contributed by atoms with Crippen molar-refractivity contribution in [3.05, 3.63) is 34.6 Å². The van der Waals surface area contributed by atoms with Crippen molar-refractivity contribution >= 4 is 11.6 Å². The van der Waals surface area contributed by atoms with E-state index >= 15 is 0 Å². The zero-order chi connectivity index (χ0) is 9.35. The normalized spacial score (nSPS) is 11.8. The van der Waals surface area contributed by atoms with E-state index in [1.54, 1.807) is 6.07 Å². The van der Waals surface area contributed by atoms with E-state index in [2.05, 4.69) is 0 Å². The van der Waals surface area contributed by atoms with Gasteiger partial charge in [0.2, 0.25) is 0 Å². The SMILES string of the molecule is CC(C)(C)c1ccc(Cl)c(F)c1. The summed E-state index contributed by atoms with van der Waals surface area (Å²) >= 11 is 5.56. The van der Waals surface area contributed by atoms with Crippen molar-refractivity contribution in [3.63, 3.8) is 0 Å². The Morgan fingerprint density at radius 2 is 1.83 bits per heavy atom. The summed E-state index contributed by atoms with van der Waals surface area (Å²) in [6, 6.07) is 4.94. The lowest BCUT2D eigenvalue weighted by molar-refractivity contribution is 0.572. The average molecular weight is 187 g/mol. The molecule has 0 saturated heterocycles. The summed E-state index contributed by atoms with van der Waals surface area (Å²) in [6.45, 7) is 6.11. The van der Waals surface area contributed by atoms with E-state index in [0.717, 1.165) is 5.56 Å². The summed E-state index contributed by atoms with van der Waals surface area (Å²) in [5, 5.41) is 0.183. The molecule has 12 heavy (non-hydrogen) atoms. The lowest BCUT2D eigenvalue weighted by Gasteiger charge is -2.18. The molecule has 0 bridgehead atoms. The highest BCUT2D eigenvalue weighted by molar-refractivity contribution is 6.30. The van der Waals surface area contributed by atoms with Crippen molar-refractivity contribution in [2.24, 2.45) is 0 Å². The van der Waals surface area contributed by atoms with E-state index in [1.165, 1.54) is 6.07 Å². The molecular formula is C10H12ClF. The van der Waals surface area contributed by atoms with Crippen LogP contribution in [0.1, 0.15) is 26.3 Å². The molecule has 66 valence electrons. The fourth-order valence-electron chi connectivity index (χ4n) is 0.963. The molecule has 0 saturated carbocycles. The van der Waals surface area contributed by atoms with Crippen LogP contribution in [0.15, 0.2) is 18.2 Å². The van der Waals surface area contributed by atoms with Gasteiger partial charge >= 0.3 is 0 Å². The molecule has 0 spiro atoms. The van der Waals surface area contributed by atoms with Gasteiger partial charge in [-0.3, -0.25) is 0 Å². The van der Waals surface area contributed by atoms with Gasteiger partial charge in [0.25, 0.3) is 0 Å². The van der Waals surface area contributed by atoms with Crippen molar-refractivity contribution < 1.29 is 4.39 Å². The minimum Gasteiger partial charge on any atom is -0.205 e. The first kappa shape index (κ1) is 9.53. The molecular weight excluding hydrogens is 175 g/mol. The molecule has 1 aromatic rings. The number of benzene rings is 1. The van der Waals surface area contributed by atoms with Gasteiger partial charge < -0.3 is 0 Å². The lowest BCUT2D eigenvalue weighted by Crippen LogP contribution is -2.11. The molecule has 0 aromatic heterocycles. The average Bonchev–Trinajstić information content (AvgIpc) is 1.92. The molecule has 0 unspecified atom stereocenters. The van der Waals surface area contributed by atoms with Crippen molar-refractivity contribution in [2.45, 2.75) is 26.2 Å². The monoisotopic (exact) mass is 186 g/mol. The van der Waals surface area contributed by atoms with Crippen molar-refractivity contribution in [3.8, 4) is 0 Å². The van der Waals surface area contributed by atoms with Gasteiger partial charge in [-0.05, 0) is 23.1 Å². The van der Waals surface area contributed by atoms with Gasteiger partial charge in [0.1, 0.15) is 5.82 Å². The Bertz CT molecular complexity index is 286. The minimum absolute atomic E-state index is 0.0224. The maximum Gasteiger partial charge on any atom is 0.142 e. The summed E-state index contributed by atoms with van der Waals surface area (Å²) in [7, 11) is 0. The van der Waals surface area contributed by atoms with E-state index in [0.29, 0.717) is 0 Å². The number of hydrogen-bond donors (Lipinski definition) is 0. The standard InChI is InChI=1S/C10H12ClF/c1-10(2,3)7-4-5-8(11)9(12)6-7/h4-6H,1-3H3. The van der Waals surface area contributed by atoms with Crippen LogP contribution in [0.2, 0.25) is 5.02 Å². The van der Waals surface area contributed by atoms with Crippen LogP contribution in [0.4, 0.5) is 4.39 Å². The van der Waals surface area contributed by atoms with E-state index in [4.69, 9.17) is 11.6 Å². The molecule has 0 N–H and O–H groups in total. The fraction of sp³-hybridized carbons (Fsp3) is 0.400. The van der Waals surface area contributed by atoms with Gasteiger partial charge in [-0.1, -0.05) is 38.4 Å². The third-order valence-electron chi connectivity index (χ3n) is 1.79. The van der Waals surface area contributed by atoms with Crippen LogP contribution in [-0.4, -0.2) is 0 Å². The molecule has 0 amide bonds. The van der Waals surface area contributed by atoms with E-state index < -0.39 is 0 Å². The van der Waals surface area contributed by atoms with Crippen LogP contribution in [-0.2, 0) is 5.41 Å². The topological polar surface area (TPSA) is 0 Å². The predicted molar refractivity (Wildman–Crippen MR) is 50.1 cm³/mol. The molecule has 1 aromatic carbocycles. The minimum atomic E-state index is -0.343. The van der Waals surface area contributed by atoms with Gasteiger partial charge in [0.15, 0.2) is 0 Å². The summed E-state index contributed by atoms with van der Waals surface area (Å²) in [4.78, 5) is 0. The van der Waals surface area contributed by atoms with Gasteiger partial charge in [-0.25, -0.2) is 4.39 Å². The molecule has 0 radical (unpaired) electrons. The molecule has 0 heterocycles. The third kappa shape index (κ3) is 1.98. The van der Waals surface area contributed by atoms with E-state index in [1.807, 2.05) is 26.8 Å².